The van der Waals surface area contributed by atoms with Crippen LogP contribution in [0.4, 0.5) is 0 Å². The molecular weight excluding hydrogens is 238 g/mol. The van der Waals surface area contributed by atoms with Gasteiger partial charge in [0.25, 0.3) is 0 Å². The van der Waals surface area contributed by atoms with Crippen LogP contribution < -0.4 is 0 Å². The molecule has 1 aromatic carbocycles. The molecule has 1 N–H and O–H groups in total. The van der Waals surface area contributed by atoms with Crippen molar-refractivity contribution in [1.29, 1.82) is 0 Å². The maximum absolute atomic E-state index is 10.2. The van der Waals surface area contributed by atoms with Crippen molar-refractivity contribution in [2.45, 2.75) is 25.9 Å². The van der Waals surface area contributed by atoms with Gasteiger partial charge < -0.3 is 14.7 Å². The number of benzene rings is 1. The molecule has 0 bridgehead atoms. The fraction of sp³-hybridized carbons (Fsp3) is 0.625. The molecule has 2 rings (SSSR count). The first-order valence-corrected chi connectivity index (χ1v) is 7.16. The molecule has 3 nitrogen and oxygen atoms in total. The molecular formula is C16H25NO2. The molecule has 0 spiro atoms. The van der Waals surface area contributed by atoms with E-state index in [1.54, 1.807) is 0 Å². The van der Waals surface area contributed by atoms with Crippen LogP contribution in [0.5, 0.6) is 0 Å². The molecule has 0 radical (unpaired) electrons. The zero-order valence-corrected chi connectivity index (χ0v) is 12.0. The van der Waals surface area contributed by atoms with Gasteiger partial charge in [-0.1, -0.05) is 29.8 Å². The third-order valence-corrected chi connectivity index (χ3v) is 3.61. The van der Waals surface area contributed by atoms with E-state index in [1.807, 2.05) is 31.3 Å². The summed E-state index contributed by atoms with van der Waals surface area (Å²) in [6, 6.07) is 8.07. The number of aliphatic hydroxyl groups is 1. The molecule has 19 heavy (non-hydrogen) atoms. The lowest BCUT2D eigenvalue weighted by Gasteiger charge is -2.20. The highest BCUT2D eigenvalue weighted by molar-refractivity contribution is 5.23. The molecule has 0 saturated heterocycles. The van der Waals surface area contributed by atoms with Crippen LogP contribution in [0.15, 0.2) is 24.3 Å². The van der Waals surface area contributed by atoms with Crippen LogP contribution in [0.25, 0.3) is 0 Å². The average Bonchev–Trinajstić information content (AvgIpc) is 3.19. The van der Waals surface area contributed by atoms with E-state index in [1.165, 1.54) is 18.4 Å². The Labute approximate surface area is 116 Å². The van der Waals surface area contributed by atoms with E-state index in [-0.39, 0.29) is 0 Å². The van der Waals surface area contributed by atoms with Crippen molar-refractivity contribution in [2.75, 3.05) is 33.4 Å². The van der Waals surface area contributed by atoms with Crippen molar-refractivity contribution in [1.82, 2.24) is 4.90 Å². The van der Waals surface area contributed by atoms with E-state index in [2.05, 4.69) is 11.8 Å². The standard InChI is InChI=1S/C16H25NO2/c1-13-3-7-15(8-4-13)16(18)11-17(2)9-10-19-12-14-5-6-14/h3-4,7-8,14,16,18H,5-6,9-12H2,1-2H3. The number of hydrogen-bond acceptors (Lipinski definition) is 3. The second-order valence-corrected chi connectivity index (χ2v) is 5.71. The predicted molar refractivity (Wildman–Crippen MR) is 77.2 cm³/mol. The summed E-state index contributed by atoms with van der Waals surface area (Å²) in [7, 11) is 2.03. The fourth-order valence-electron chi connectivity index (χ4n) is 2.04. The van der Waals surface area contributed by atoms with Gasteiger partial charge in [-0.2, -0.15) is 0 Å². The van der Waals surface area contributed by atoms with E-state index in [0.29, 0.717) is 6.54 Å². The van der Waals surface area contributed by atoms with E-state index in [4.69, 9.17) is 4.74 Å². The SMILES string of the molecule is Cc1ccc(C(O)CN(C)CCOCC2CC2)cc1. The topological polar surface area (TPSA) is 32.7 Å². The lowest BCUT2D eigenvalue weighted by atomic mass is 10.1. The van der Waals surface area contributed by atoms with Gasteiger partial charge in [-0.05, 0) is 38.3 Å². The van der Waals surface area contributed by atoms with Gasteiger partial charge in [-0.3, -0.25) is 0 Å². The van der Waals surface area contributed by atoms with Crippen LogP contribution in [-0.2, 0) is 4.74 Å². The number of rotatable bonds is 8. The first kappa shape index (κ1) is 14.5. The Kier molecular flexibility index (Phi) is 5.37. The lowest BCUT2D eigenvalue weighted by molar-refractivity contribution is 0.0794. The van der Waals surface area contributed by atoms with Crippen molar-refractivity contribution in [3.05, 3.63) is 35.4 Å². The molecule has 3 heteroatoms. The third kappa shape index (κ3) is 5.31. The molecule has 1 saturated carbocycles. The zero-order chi connectivity index (χ0) is 13.7. The molecule has 0 aliphatic heterocycles. The van der Waals surface area contributed by atoms with Gasteiger partial charge in [0.05, 0.1) is 12.7 Å². The Balaban J connectivity index is 1.65. The summed E-state index contributed by atoms with van der Waals surface area (Å²) in [5, 5.41) is 10.2. The molecule has 106 valence electrons. The fourth-order valence-corrected chi connectivity index (χ4v) is 2.04. The highest BCUT2D eigenvalue weighted by atomic mass is 16.5. The van der Waals surface area contributed by atoms with Gasteiger partial charge in [-0.15, -0.1) is 0 Å². The van der Waals surface area contributed by atoms with Gasteiger partial charge in [-0.25, -0.2) is 0 Å². The smallest absolute Gasteiger partial charge is 0.0916 e. The summed E-state index contributed by atoms with van der Waals surface area (Å²) in [6.45, 7) is 5.24. The molecule has 0 aromatic heterocycles. The highest BCUT2D eigenvalue weighted by Gasteiger charge is 2.21. The number of aryl methyl sites for hydroxylation is 1. The van der Waals surface area contributed by atoms with Gasteiger partial charge in [0, 0.05) is 19.7 Å². The second kappa shape index (κ2) is 7.04. The zero-order valence-electron chi connectivity index (χ0n) is 12.0. The van der Waals surface area contributed by atoms with E-state index in [0.717, 1.165) is 31.2 Å². The van der Waals surface area contributed by atoms with Crippen LogP contribution in [0.3, 0.4) is 0 Å². The Morgan fingerprint density at radius 2 is 2.00 bits per heavy atom. The van der Waals surface area contributed by atoms with Gasteiger partial charge in [0.15, 0.2) is 0 Å². The second-order valence-electron chi connectivity index (χ2n) is 5.71. The van der Waals surface area contributed by atoms with Crippen molar-refractivity contribution in [3.8, 4) is 0 Å². The van der Waals surface area contributed by atoms with Crippen LogP contribution >= 0.6 is 0 Å². The van der Waals surface area contributed by atoms with Crippen LogP contribution in [0.2, 0.25) is 0 Å². The van der Waals surface area contributed by atoms with Crippen LogP contribution in [0.1, 0.15) is 30.1 Å². The van der Waals surface area contributed by atoms with Crippen molar-refractivity contribution in [3.63, 3.8) is 0 Å². The molecule has 1 fully saturated rings. The first-order valence-electron chi connectivity index (χ1n) is 7.16. The molecule has 1 aliphatic carbocycles. The Hall–Kier alpha value is -0.900. The minimum absolute atomic E-state index is 0.422. The van der Waals surface area contributed by atoms with E-state index in [9.17, 15) is 5.11 Å². The normalized spacial score (nSPS) is 16.8. The number of likely N-dealkylation sites (N-methyl/N-ethyl adjacent to an activating group) is 1. The maximum atomic E-state index is 10.2. The summed E-state index contributed by atoms with van der Waals surface area (Å²) in [6.07, 6.45) is 2.25. The molecule has 1 aromatic rings. The van der Waals surface area contributed by atoms with Crippen LogP contribution in [0, 0.1) is 12.8 Å². The summed E-state index contributed by atoms with van der Waals surface area (Å²) in [5.74, 6) is 0.823. The molecule has 1 aliphatic rings. The summed E-state index contributed by atoms with van der Waals surface area (Å²) < 4.78 is 5.61. The number of nitrogens with zero attached hydrogens (tertiary/aromatic N) is 1. The Morgan fingerprint density at radius 3 is 2.63 bits per heavy atom. The first-order chi connectivity index (χ1) is 9.15. The largest absolute Gasteiger partial charge is 0.387 e. The van der Waals surface area contributed by atoms with Crippen LogP contribution in [-0.4, -0.2) is 43.4 Å². The number of hydrogen-bond donors (Lipinski definition) is 1. The average molecular weight is 263 g/mol. The van der Waals surface area contributed by atoms with Crippen molar-refractivity contribution in [2.24, 2.45) is 5.92 Å². The van der Waals surface area contributed by atoms with Gasteiger partial charge in [0.2, 0.25) is 0 Å². The molecule has 0 amide bonds. The summed E-state index contributed by atoms with van der Waals surface area (Å²) >= 11 is 0. The third-order valence-electron chi connectivity index (χ3n) is 3.61. The summed E-state index contributed by atoms with van der Waals surface area (Å²) in [5.41, 5.74) is 2.20. The monoisotopic (exact) mass is 263 g/mol. The number of ether oxygens (including phenoxy) is 1. The Bertz CT molecular complexity index is 373. The van der Waals surface area contributed by atoms with Crippen molar-refractivity contribution >= 4 is 0 Å². The summed E-state index contributed by atoms with van der Waals surface area (Å²) in [4.78, 5) is 2.12. The predicted octanol–water partition coefficient (Wildman–Crippen LogP) is 2.39. The molecule has 0 heterocycles. The van der Waals surface area contributed by atoms with Crippen molar-refractivity contribution < 1.29 is 9.84 Å². The lowest BCUT2D eigenvalue weighted by Crippen LogP contribution is -2.28. The maximum Gasteiger partial charge on any atom is 0.0916 e. The number of aliphatic hydroxyl groups excluding tert-OH is 1. The molecule has 1 unspecified atom stereocenters. The quantitative estimate of drug-likeness (QED) is 0.731. The van der Waals surface area contributed by atoms with Gasteiger partial charge >= 0.3 is 0 Å². The molecule has 1 atom stereocenters. The highest BCUT2D eigenvalue weighted by Crippen LogP contribution is 2.28. The Morgan fingerprint density at radius 1 is 1.32 bits per heavy atom. The van der Waals surface area contributed by atoms with E-state index < -0.39 is 6.10 Å². The van der Waals surface area contributed by atoms with E-state index >= 15 is 0 Å². The van der Waals surface area contributed by atoms with Gasteiger partial charge in [0.1, 0.15) is 0 Å². The minimum atomic E-state index is -0.422. The minimum Gasteiger partial charge on any atom is -0.387 e.